The van der Waals surface area contributed by atoms with Crippen molar-refractivity contribution in [2.45, 2.75) is 11.8 Å². The van der Waals surface area contributed by atoms with Crippen molar-refractivity contribution in [2.75, 3.05) is 11.8 Å². The number of aromatic nitrogens is 1. The Morgan fingerprint density at radius 1 is 1.39 bits per heavy atom. The maximum atomic E-state index is 12.1. The molecule has 0 atom stereocenters. The Morgan fingerprint density at radius 3 is 2.72 bits per heavy atom. The molecule has 0 aliphatic rings. The second kappa shape index (κ2) is 4.95. The summed E-state index contributed by atoms with van der Waals surface area (Å²) in [6, 6.07) is 4.70. The van der Waals surface area contributed by atoms with Gasteiger partial charge in [0.25, 0.3) is 10.0 Å². The number of hydrogen-bond donors (Lipinski definition) is 1. The normalized spacial score (nSPS) is 11.2. The molecule has 96 valence electrons. The van der Waals surface area contributed by atoms with Crippen molar-refractivity contribution in [3.63, 3.8) is 0 Å². The Labute approximate surface area is 110 Å². The van der Waals surface area contributed by atoms with Crippen LogP contribution in [-0.2, 0) is 10.0 Å². The Kier molecular flexibility index (Phi) is 3.53. The van der Waals surface area contributed by atoms with Crippen LogP contribution in [0.3, 0.4) is 0 Å². The molecule has 0 aliphatic heterocycles. The van der Waals surface area contributed by atoms with Crippen LogP contribution >= 0.6 is 11.3 Å². The van der Waals surface area contributed by atoms with Crippen LogP contribution in [0.2, 0.25) is 0 Å². The average molecular weight is 284 g/mol. The molecule has 1 aromatic heterocycles. The Bertz CT molecular complexity index is 636. The highest BCUT2D eigenvalue weighted by Gasteiger charge is 2.16. The number of hydrogen-bond acceptors (Lipinski definition) is 5. The van der Waals surface area contributed by atoms with Crippen molar-refractivity contribution in [1.82, 2.24) is 4.98 Å². The van der Waals surface area contributed by atoms with Crippen molar-refractivity contribution in [2.24, 2.45) is 0 Å². The third-order valence-corrected chi connectivity index (χ3v) is 4.48. The summed E-state index contributed by atoms with van der Waals surface area (Å²) in [5.74, 6) is 0.656. The Balaban J connectivity index is 2.33. The van der Waals surface area contributed by atoms with Crippen LogP contribution < -0.4 is 9.46 Å². The predicted octanol–water partition coefficient (Wildman–Crippen LogP) is 2.26. The zero-order chi connectivity index (χ0) is 13.2. The number of benzene rings is 1. The lowest BCUT2D eigenvalue weighted by Gasteiger charge is -2.08. The molecule has 0 amide bonds. The smallest absolute Gasteiger partial charge is 0.263 e. The maximum Gasteiger partial charge on any atom is 0.263 e. The van der Waals surface area contributed by atoms with E-state index in [9.17, 15) is 8.42 Å². The molecule has 0 spiro atoms. The van der Waals surface area contributed by atoms with Crippen LogP contribution in [0.5, 0.6) is 5.75 Å². The van der Waals surface area contributed by atoms with Crippen LogP contribution in [0.4, 0.5) is 5.13 Å². The van der Waals surface area contributed by atoms with Gasteiger partial charge in [-0.25, -0.2) is 13.4 Å². The predicted molar refractivity (Wildman–Crippen MR) is 70.7 cm³/mol. The van der Waals surface area contributed by atoms with Gasteiger partial charge in [-0.3, -0.25) is 4.72 Å². The molecule has 5 nitrogen and oxygen atoms in total. The van der Waals surface area contributed by atoms with Gasteiger partial charge in [0.1, 0.15) is 5.75 Å². The van der Waals surface area contributed by atoms with Crippen LogP contribution in [-0.4, -0.2) is 20.5 Å². The summed E-state index contributed by atoms with van der Waals surface area (Å²) in [5, 5.41) is 2.06. The second-order valence-corrected chi connectivity index (χ2v) is 6.15. The van der Waals surface area contributed by atoms with E-state index in [4.69, 9.17) is 4.74 Å². The van der Waals surface area contributed by atoms with Gasteiger partial charge in [-0.2, -0.15) is 0 Å². The molecule has 0 saturated carbocycles. The fraction of sp³-hybridized carbons (Fsp3) is 0.182. The number of rotatable bonds is 4. The first-order chi connectivity index (χ1) is 8.53. The first-order valence-electron chi connectivity index (χ1n) is 5.10. The van der Waals surface area contributed by atoms with Crippen LogP contribution in [0.25, 0.3) is 0 Å². The molecule has 2 rings (SSSR count). The van der Waals surface area contributed by atoms with Gasteiger partial charge in [0.2, 0.25) is 0 Å². The highest BCUT2D eigenvalue weighted by Crippen LogP contribution is 2.23. The van der Waals surface area contributed by atoms with Crippen LogP contribution in [0.15, 0.2) is 34.7 Å². The van der Waals surface area contributed by atoms with Gasteiger partial charge in [0.05, 0.1) is 12.0 Å². The van der Waals surface area contributed by atoms with Gasteiger partial charge in [0, 0.05) is 11.6 Å². The van der Waals surface area contributed by atoms with Gasteiger partial charge in [-0.05, 0) is 30.7 Å². The molecule has 0 aliphatic carbocycles. The van der Waals surface area contributed by atoms with E-state index in [2.05, 4.69) is 9.71 Å². The van der Waals surface area contributed by atoms with E-state index in [-0.39, 0.29) is 4.90 Å². The highest BCUT2D eigenvalue weighted by molar-refractivity contribution is 7.93. The molecular weight excluding hydrogens is 272 g/mol. The number of ether oxygens (including phenoxy) is 1. The largest absolute Gasteiger partial charge is 0.496 e. The first-order valence-corrected chi connectivity index (χ1v) is 7.46. The summed E-state index contributed by atoms with van der Waals surface area (Å²) < 4.78 is 31.6. The van der Waals surface area contributed by atoms with E-state index in [0.717, 1.165) is 5.56 Å². The molecule has 0 unspecified atom stereocenters. The molecule has 1 aromatic carbocycles. The molecule has 0 fully saturated rings. The molecule has 18 heavy (non-hydrogen) atoms. The average Bonchev–Trinajstić information content (AvgIpc) is 2.81. The van der Waals surface area contributed by atoms with Crippen LogP contribution in [0.1, 0.15) is 5.56 Å². The summed E-state index contributed by atoms with van der Waals surface area (Å²) in [7, 11) is -2.04. The Morgan fingerprint density at radius 2 is 2.17 bits per heavy atom. The van der Waals surface area contributed by atoms with Crippen molar-refractivity contribution < 1.29 is 13.2 Å². The topological polar surface area (TPSA) is 68.3 Å². The zero-order valence-corrected chi connectivity index (χ0v) is 11.5. The molecule has 7 heteroatoms. The minimum absolute atomic E-state index is 0.191. The van der Waals surface area contributed by atoms with E-state index in [1.54, 1.807) is 37.7 Å². The summed E-state index contributed by atoms with van der Waals surface area (Å²) in [5.41, 5.74) is 0.763. The van der Waals surface area contributed by atoms with Gasteiger partial charge < -0.3 is 4.74 Å². The summed E-state index contributed by atoms with van der Waals surface area (Å²) >= 11 is 1.23. The lowest BCUT2D eigenvalue weighted by molar-refractivity contribution is 0.411. The monoisotopic (exact) mass is 284 g/mol. The second-order valence-electron chi connectivity index (χ2n) is 3.57. The third-order valence-electron chi connectivity index (χ3n) is 2.33. The van der Waals surface area contributed by atoms with Crippen molar-refractivity contribution in [3.05, 3.63) is 35.3 Å². The molecule has 1 heterocycles. The van der Waals surface area contributed by atoms with Gasteiger partial charge in [-0.15, -0.1) is 11.3 Å². The molecular formula is C11H12N2O3S2. The van der Waals surface area contributed by atoms with E-state index in [1.807, 2.05) is 0 Å². The first kappa shape index (κ1) is 12.8. The number of nitrogens with zero attached hydrogens (tertiary/aromatic N) is 1. The van der Waals surface area contributed by atoms with E-state index in [0.29, 0.717) is 10.9 Å². The van der Waals surface area contributed by atoms with Gasteiger partial charge in [-0.1, -0.05) is 0 Å². The fourth-order valence-electron chi connectivity index (χ4n) is 1.47. The summed E-state index contributed by atoms with van der Waals surface area (Å²) in [6.07, 6.45) is 1.54. The van der Waals surface area contributed by atoms with Crippen molar-refractivity contribution in [1.29, 1.82) is 0 Å². The highest BCUT2D eigenvalue weighted by atomic mass is 32.2. The van der Waals surface area contributed by atoms with Crippen molar-refractivity contribution >= 4 is 26.5 Å². The fourth-order valence-corrected chi connectivity index (χ4v) is 3.34. The number of nitrogens with one attached hydrogen (secondary N) is 1. The molecule has 0 radical (unpaired) electrons. The van der Waals surface area contributed by atoms with E-state index >= 15 is 0 Å². The SMILES string of the molecule is COc1ccc(S(=O)(=O)Nc2nccs2)cc1C. The molecule has 1 N–H and O–H groups in total. The lowest BCUT2D eigenvalue weighted by Crippen LogP contribution is -2.12. The standard InChI is InChI=1S/C11H12N2O3S2/c1-8-7-9(3-4-10(8)16-2)18(14,15)13-11-12-5-6-17-11/h3-7H,1-2H3,(H,12,13). The zero-order valence-electron chi connectivity index (χ0n) is 9.88. The molecule has 0 bridgehead atoms. The van der Waals surface area contributed by atoms with Crippen LogP contribution in [0, 0.1) is 6.92 Å². The minimum atomic E-state index is -3.59. The van der Waals surface area contributed by atoms with E-state index < -0.39 is 10.0 Å². The number of aryl methyl sites for hydroxylation is 1. The Hall–Kier alpha value is -1.60. The minimum Gasteiger partial charge on any atom is -0.496 e. The van der Waals surface area contributed by atoms with E-state index in [1.165, 1.54) is 17.4 Å². The molecule has 2 aromatic rings. The lowest BCUT2D eigenvalue weighted by atomic mass is 10.2. The van der Waals surface area contributed by atoms with Gasteiger partial charge >= 0.3 is 0 Å². The third kappa shape index (κ3) is 2.62. The number of methoxy groups -OCH3 is 1. The number of sulfonamides is 1. The summed E-state index contributed by atoms with van der Waals surface area (Å²) in [6.45, 7) is 1.79. The molecule has 0 saturated heterocycles. The number of thiazole rings is 1. The van der Waals surface area contributed by atoms with Gasteiger partial charge in [0.15, 0.2) is 5.13 Å². The maximum absolute atomic E-state index is 12.1. The summed E-state index contributed by atoms with van der Waals surface area (Å²) in [4.78, 5) is 4.08. The number of anilines is 1. The quantitative estimate of drug-likeness (QED) is 0.935. The van der Waals surface area contributed by atoms with Crippen molar-refractivity contribution in [3.8, 4) is 5.75 Å².